The Hall–Kier alpha value is -1.69. The fourth-order valence-electron chi connectivity index (χ4n) is 5.71. The van der Waals surface area contributed by atoms with Gasteiger partial charge in [-0.25, -0.2) is 0 Å². The number of thioether (sulfide) groups is 1. The monoisotopic (exact) mass is 529 g/mol. The Morgan fingerprint density at radius 2 is 1.66 bits per heavy atom. The van der Waals surface area contributed by atoms with Gasteiger partial charge in [0.25, 0.3) is 5.91 Å². The zero-order chi connectivity index (χ0) is 24.5. The van der Waals surface area contributed by atoms with Gasteiger partial charge in [0.15, 0.2) is 5.17 Å². The summed E-state index contributed by atoms with van der Waals surface area (Å²) in [6.45, 7) is 4.12. The fourth-order valence-corrected chi connectivity index (χ4v) is 7.18. The second-order valence-corrected chi connectivity index (χ2v) is 11.9. The third kappa shape index (κ3) is 5.23. The van der Waals surface area contributed by atoms with E-state index in [0.29, 0.717) is 16.1 Å². The smallest absolute Gasteiger partial charge is 0.267 e. The first kappa shape index (κ1) is 25.0. The lowest BCUT2D eigenvalue weighted by Gasteiger charge is -2.31. The van der Waals surface area contributed by atoms with Crippen LogP contribution in [0.25, 0.3) is 11.8 Å². The molecule has 0 spiro atoms. The summed E-state index contributed by atoms with van der Waals surface area (Å²) in [5.41, 5.74) is 3.97. The highest BCUT2D eigenvalue weighted by atomic mass is 35.5. The largest absolute Gasteiger partial charge is 0.316 e. The summed E-state index contributed by atoms with van der Waals surface area (Å²) in [6.07, 6.45) is 13.9. The van der Waals surface area contributed by atoms with Gasteiger partial charge in [0.05, 0.1) is 21.7 Å². The van der Waals surface area contributed by atoms with Crippen LogP contribution < -0.4 is 0 Å². The van der Waals surface area contributed by atoms with Crippen LogP contribution in [-0.4, -0.2) is 32.6 Å². The number of halogens is 2. The number of nitrogens with zero attached hydrogens (tertiary/aromatic N) is 3. The molecule has 1 aromatic heterocycles. The molecule has 0 atom stereocenters. The molecule has 1 aliphatic heterocycles. The zero-order valence-corrected chi connectivity index (χ0v) is 22.9. The molecule has 0 N–H and O–H groups in total. The van der Waals surface area contributed by atoms with Crippen LogP contribution in [0.3, 0.4) is 0 Å². The number of aromatic nitrogens is 1. The van der Waals surface area contributed by atoms with Gasteiger partial charge in [-0.2, -0.15) is 0 Å². The molecular formula is C28H33Cl2N3OS. The maximum atomic E-state index is 13.7. The number of rotatable bonds is 4. The number of hydrogen-bond donors (Lipinski definition) is 0. The van der Waals surface area contributed by atoms with Gasteiger partial charge in [-0.1, -0.05) is 61.7 Å². The van der Waals surface area contributed by atoms with Crippen molar-refractivity contribution in [2.45, 2.75) is 90.1 Å². The van der Waals surface area contributed by atoms with Gasteiger partial charge in [-0.15, -0.1) is 0 Å². The molecule has 1 saturated heterocycles. The maximum absolute atomic E-state index is 13.7. The normalized spacial score (nSPS) is 22.6. The molecule has 2 heterocycles. The fraction of sp³-hybridized carbons (Fsp3) is 0.500. The third-order valence-electron chi connectivity index (χ3n) is 7.55. The summed E-state index contributed by atoms with van der Waals surface area (Å²) in [4.78, 5) is 21.7. The topological polar surface area (TPSA) is 37.6 Å². The molecule has 3 aliphatic rings. The van der Waals surface area contributed by atoms with E-state index < -0.39 is 0 Å². The predicted molar refractivity (Wildman–Crippen MR) is 149 cm³/mol. The van der Waals surface area contributed by atoms with E-state index in [2.05, 4.69) is 24.5 Å². The zero-order valence-electron chi connectivity index (χ0n) is 20.5. The molecule has 2 aliphatic carbocycles. The Morgan fingerprint density at radius 1 is 0.971 bits per heavy atom. The summed E-state index contributed by atoms with van der Waals surface area (Å²) in [5.74, 6) is 0.113. The van der Waals surface area contributed by atoms with Crippen LogP contribution in [0.2, 0.25) is 10.0 Å². The van der Waals surface area contributed by atoms with E-state index in [0.717, 1.165) is 58.4 Å². The number of carbonyl (C=O) groups is 1. The third-order valence-corrected chi connectivity index (χ3v) is 9.10. The lowest BCUT2D eigenvalue weighted by atomic mass is 9.94. The molecule has 5 rings (SSSR count). The summed E-state index contributed by atoms with van der Waals surface area (Å²) >= 11 is 14.4. The summed E-state index contributed by atoms with van der Waals surface area (Å²) in [5, 5.41) is 2.21. The first-order valence-corrected chi connectivity index (χ1v) is 14.4. The van der Waals surface area contributed by atoms with E-state index in [9.17, 15) is 4.79 Å². The Kier molecular flexibility index (Phi) is 7.66. The van der Waals surface area contributed by atoms with Crippen molar-refractivity contribution in [1.82, 2.24) is 9.47 Å². The van der Waals surface area contributed by atoms with Gasteiger partial charge in [0, 0.05) is 22.5 Å². The van der Waals surface area contributed by atoms with E-state index in [1.165, 1.54) is 38.5 Å². The lowest BCUT2D eigenvalue weighted by molar-refractivity contribution is -0.124. The number of benzene rings is 1. The van der Waals surface area contributed by atoms with Gasteiger partial charge in [-0.3, -0.25) is 14.7 Å². The average Bonchev–Trinajstić information content (AvgIpc) is 3.31. The van der Waals surface area contributed by atoms with E-state index in [-0.39, 0.29) is 11.9 Å². The Labute approximate surface area is 222 Å². The number of aryl methyl sites for hydroxylation is 1. The summed E-state index contributed by atoms with van der Waals surface area (Å²) in [7, 11) is 0. The van der Waals surface area contributed by atoms with Crippen LogP contribution in [0, 0.1) is 13.8 Å². The molecule has 1 amide bonds. The van der Waals surface area contributed by atoms with Crippen molar-refractivity contribution in [3.05, 3.63) is 56.2 Å². The van der Waals surface area contributed by atoms with E-state index in [1.807, 2.05) is 23.1 Å². The standard InChI is InChI=1S/C28H33Cl2N3OS/c1-18-15-20(19(2)32(18)25-17-21(29)13-14-24(25)30)16-26-27(34)33(23-11-7-4-8-12-23)28(35-26)31-22-9-5-3-6-10-22/h13-17,22-23H,3-12H2,1-2H3. The minimum atomic E-state index is 0.113. The molecule has 35 heavy (non-hydrogen) atoms. The molecule has 0 unspecified atom stereocenters. The minimum Gasteiger partial charge on any atom is -0.316 e. The van der Waals surface area contributed by atoms with Crippen molar-refractivity contribution in [3.63, 3.8) is 0 Å². The molecule has 0 bridgehead atoms. The maximum Gasteiger partial charge on any atom is 0.267 e. The van der Waals surface area contributed by atoms with E-state index >= 15 is 0 Å². The van der Waals surface area contributed by atoms with Crippen LogP contribution in [0.4, 0.5) is 0 Å². The highest BCUT2D eigenvalue weighted by Crippen LogP contribution is 2.39. The SMILES string of the molecule is Cc1cc(C=C2SC(=NC3CCCCC3)N(C3CCCCC3)C2=O)c(C)n1-c1cc(Cl)ccc1Cl. The molecule has 0 radical (unpaired) electrons. The minimum absolute atomic E-state index is 0.113. The average molecular weight is 531 g/mol. The first-order chi connectivity index (χ1) is 16.9. The van der Waals surface area contributed by atoms with Gasteiger partial charge in [0.2, 0.25) is 0 Å². The molecule has 1 aromatic carbocycles. The molecule has 7 heteroatoms. The van der Waals surface area contributed by atoms with Crippen molar-refractivity contribution in [1.29, 1.82) is 0 Å². The Bertz CT molecular complexity index is 1170. The second kappa shape index (κ2) is 10.7. The van der Waals surface area contributed by atoms with Crippen LogP contribution in [0.15, 0.2) is 34.2 Å². The van der Waals surface area contributed by atoms with Crippen LogP contribution in [0.5, 0.6) is 0 Å². The predicted octanol–water partition coefficient (Wildman–Crippen LogP) is 8.34. The summed E-state index contributed by atoms with van der Waals surface area (Å²) < 4.78 is 2.11. The van der Waals surface area contributed by atoms with E-state index in [1.54, 1.807) is 17.8 Å². The molecule has 2 aromatic rings. The second-order valence-electron chi connectivity index (χ2n) is 10.0. The lowest BCUT2D eigenvalue weighted by Crippen LogP contribution is -2.41. The summed E-state index contributed by atoms with van der Waals surface area (Å²) in [6, 6.07) is 8.24. The molecule has 3 fully saturated rings. The Morgan fingerprint density at radius 3 is 2.37 bits per heavy atom. The highest BCUT2D eigenvalue weighted by molar-refractivity contribution is 8.18. The van der Waals surface area contributed by atoms with Crippen LogP contribution in [0.1, 0.15) is 81.2 Å². The number of carbonyl (C=O) groups excluding carboxylic acids is 1. The molecule has 4 nitrogen and oxygen atoms in total. The van der Waals surface area contributed by atoms with Crippen molar-refractivity contribution in [3.8, 4) is 5.69 Å². The molecular weight excluding hydrogens is 497 g/mol. The quantitative estimate of drug-likeness (QED) is 0.373. The molecule has 2 saturated carbocycles. The van der Waals surface area contributed by atoms with Crippen molar-refractivity contribution >= 4 is 52.1 Å². The van der Waals surface area contributed by atoms with Gasteiger partial charge < -0.3 is 4.57 Å². The van der Waals surface area contributed by atoms with E-state index in [4.69, 9.17) is 28.2 Å². The first-order valence-electron chi connectivity index (χ1n) is 12.9. The van der Waals surface area contributed by atoms with Crippen molar-refractivity contribution < 1.29 is 4.79 Å². The van der Waals surface area contributed by atoms with Crippen molar-refractivity contribution in [2.75, 3.05) is 0 Å². The van der Waals surface area contributed by atoms with Crippen molar-refractivity contribution in [2.24, 2.45) is 4.99 Å². The molecule has 186 valence electrons. The highest BCUT2D eigenvalue weighted by Gasteiger charge is 2.39. The van der Waals surface area contributed by atoms with Crippen LogP contribution in [-0.2, 0) is 4.79 Å². The van der Waals surface area contributed by atoms with Gasteiger partial charge >= 0.3 is 0 Å². The number of hydrogen-bond acceptors (Lipinski definition) is 3. The van der Waals surface area contributed by atoms with Gasteiger partial charge in [0.1, 0.15) is 0 Å². The Balaban J connectivity index is 1.50. The number of amidine groups is 1. The van der Waals surface area contributed by atoms with Gasteiger partial charge in [-0.05, 0) is 87.2 Å². The number of amides is 1. The van der Waals surface area contributed by atoms with Crippen LogP contribution >= 0.6 is 35.0 Å². The number of aliphatic imine (C=N–C) groups is 1.